The van der Waals surface area contributed by atoms with E-state index < -0.39 is 28.9 Å². The van der Waals surface area contributed by atoms with Gasteiger partial charge in [0.05, 0.1) is 17.9 Å². The first kappa shape index (κ1) is 45.8. The molecule has 0 aromatic heterocycles. The van der Waals surface area contributed by atoms with E-state index in [0.29, 0.717) is 42.8 Å². The van der Waals surface area contributed by atoms with Crippen molar-refractivity contribution in [1.82, 2.24) is 9.80 Å². The van der Waals surface area contributed by atoms with Crippen LogP contribution in [0.15, 0.2) is 29.3 Å². The maximum Gasteiger partial charge on any atom is 0.309 e. The van der Waals surface area contributed by atoms with Crippen LogP contribution in [0.1, 0.15) is 145 Å². The molecule has 4 fully saturated rings. The van der Waals surface area contributed by atoms with Crippen LogP contribution in [0.2, 0.25) is 5.02 Å². The first-order valence-corrected chi connectivity index (χ1v) is 22.7. The molecule has 6 rings (SSSR count). The summed E-state index contributed by atoms with van der Waals surface area (Å²) in [6.45, 7) is 22.2. The van der Waals surface area contributed by atoms with E-state index in [2.05, 4.69) is 53.4 Å². The topological polar surface area (TPSA) is 124 Å². The number of hydrogen-bond acceptors (Lipinski definition) is 7. The normalized spacial score (nSPS) is 34.5. The van der Waals surface area contributed by atoms with Gasteiger partial charge in [-0.05, 0) is 148 Å². The highest BCUT2D eigenvalue weighted by atomic mass is 35.5. The molecule has 0 saturated heterocycles. The Morgan fingerprint density at radius 3 is 2.20 bits per heavy atom. The average Bonchev–Trinajstić information content (AvgIpc) is 3.43. The zero-order valence-electron chi connectivity index (χ0n) is 38.1. The maximum atomic E-state index is 14.3. The number of aliphatic carboxylic acids is 1. The largest absolute Gasteiger partial charge is 0.481 e. The molecule has 5 aliphatic carbocycles. The van der Waals surface area contributed by atoms with Crippen molar-refractivity contribution in [3.05, 3.63) is 45.5 Å². The van der Waals surface area contributed by atoms with Crippen molar-refractivity contribution in [3.63, 3.8) is 0 Å². The van der Waals surface area contributed by atoms with Crippen molar-refractivity contribution in [1.29, 1.82) is 0 Å². The van der Waals surface area contributed by atoms with E-state index in [-0.39, 0.29) is 64.3 Å². The van der Waals surface area contributed by atoms with E-state index in [0.717, 1.165) is 61.6 Å². The van der Waals surface area contributed by atoms with Crippen LogP contribution >= 0.6 is 11.6 Å². The van der Waals surface area contributed by atoms with E-state index in [1.54, 1.807) is 25.7 Å². The van der Waals surface area contributed by atoms with E-state index in [1.807, 2.05) is 32.3 Å². The summed E-state index contributed by atoms with van der Waals surface area (Å²) in [7, 11) is 4.01. The van der Waals surface area contributed by atoms with Crippen molar-refractivity contribution in [2.75, 3.05) is 20.6 Å². The third-order valence-corrected chi connectivity index (χ3v) is 17.6. The predicted molar refractivity (Wildman–Crippen MR) is 231 cm³/mol. The molecule has 0 aliphatic heterocycles. The Balaban J connectivity index is 1.29. The summed E-state index contributed by atoms with van der Waals surface area (Å²) in [4.78, 5) is 56.5. The molecule has 0 heterocycles. The zero-order valence-corrected chi connectivity index (χ0v) is 38.9. The Morgan fingerprint density at radius 1 is 0.915 bits per heavy atom. The molecule has 1 amide bonds. The molecular formula is C49H73ClN2O7. The number of aliphatic hydroxyl groups is 1. The molecule has 10 heteroatoms. The van der Waals surface area contributed by atoms with E-state index >= 15 is 0 Å². The summed E-state index contributed by atoms with van der Waals surface area (Å²) in [6.07, 6.45) is 6.27. The van der Waals surface area contributed by atoms with Crippen LogP contribution in [-0.4, -0.2) is 76.5 Å². The van der Waals surface area contributed by atoms with E-state index in [4.69, 9.17) is 16.3 Å². The maximum absolute atomic E-state index is 14.3. The van der Waals surface area contributed by atoms with Crippen LogP contribution < -0.4 is 0 Å². The summed E-state index contributed by atoms with van der Waals surface area (Å²) < 4.78 is 6.18. The highest BCUT2D eigenvalue weighted by Crippen LogP contribution is 2.77. The molecule has 0 radical (unpaired) electrons. The Kier molecular flexibility index (Phi) is 12.3. The molecule has 4 saturated carbocycles. The molecule has 328 valence electrons. The lowest BCUT2D eigenvalue weighted by Gasteiger charge is -2.72. The molecule has 1 aromatic carbocycles. The second kappa shape index (κ2) is 15.9. The zero-order chi connectivity index (χ0) is 43.8. The van der Waals surface area contributed by atoms with Gasteiger partial charge in [-0.2, -0.15) is 0 Å². The van der Waals surface area contributed by atoms with Gasteiger partial charge in [0, 0.05) is 48.8 Å². The number of aliphatic hydroxyl groups excluding tert-OH is 1. The van der Waals surface area contributed by atoms with Gasteiger partial charge in [0.25, 0.3) is 0 Å². The molecule has 59 heavy (non-hydrogen) atoms. The van der Waals surface area contributed by atoms with Gasteiger partial charge in [-0.3, -0.25) is 19.2 Å². The van der Waals surface area contributed by atoms with Crippen LogP contribution in [0.3, 0.4) is 0 Å². The fourth-order valence-corrected chi connectivity index (χ4v) is 14.2. The first-order chi connectivity index (χ1) is 27.2. The number of ether oxygens (including phenoxy) is 1. The van der Waals surface area contributed by atoms with Crippen LogP contribution in [0.4, 0.5) is 0 Å². The quantitative estimate of drug-likeness (QED) is 0.200. The minimum Gasteiger partial charge on any atom is -0.481 e. The summed E-state index contributed by atoms with van der Waals surface area (Å²) >= 11 is 6.41. The van der Waals surface area contributed by atoms with Gasteiger partial charge in [0.2, 0.25) is 5.91 Å². The lowest BCUT2D eigenvalue weighted by atomic mass is 9.33. The average molecular weight is 838 g/mol. The van der Waals surface area contributed by atoms with Crippen molar-refractivity contribution < 1.29 is 34.1 Å². The number of carbonyl (C=O) groups is 4. The van der Waals surface area contributed by atoms with Gasteiger partial charge in [-0.15, -0.1) is 0 Å². The Morgan fingerprint density at radius 2 is 1.59 bits per heavy atom. The second-order valence-corrected chi connectivity index (χ2v) is 22.6. The summed E-state index contributed by atoms with van der Waals surface area (Å²) in [6, 6.07) is 5.79. The lowest BCUT2D eigenvalue weighted by Crippen LogP contribution is -2.66. The van der Waals surface area contributed by atoms with Gasteiger partial charge in [0.1, 0.15) is 6.10 Å². The number of ketones is 1. The van der Waals surface area contributed by atoms with Gasteiger partial charge in [-0.25, -0.2) is 0 Å². The number of halogens is 1. The number of amides is 1. The van der Waals surface area contributed by atoms with Gasteiger partial charge in [-0.1, -0.05) is 71.7 Å². The van der Waals surface area contributed by atoms with Gasteiger partial charge >= 0.3 is 11.9 Å². The van der Waals surface area contributed by atoms with Crippen LogP contribution in [0.25, 0.3) is 0 Å². The molecular weight excluding hydrogens is 764 g/mol. The standard InChI is InChI=1S/C49H73ClN2O7/c1-29(2)41-35(54)24-49(38(55)28-52(30(3)53)27-31-13-14-33(50)23-32(31)26-51(11)12)22-21-47(9)34(42(41)49)15-16-37-46(8)19-18-39(59-40(56)25-44(4,5)43(57)58)45(6,7)36(46)17-20-48(37,47)10/h13-14,23,29,34,36-39,55H,15-22,24-28H2,1-12H3,(H,57,58)/t34-,36+,37-,38+,39+,46+,47-,48-,49+/m1/s1. The van der Waals surface area contributed by atoms with Crippen LogP contribution in [0, 0.1) is 56.2 Å². The molecule has 9 atom stereocenters. The second-order valence-electron chi connectivity index (χ2n) is 22.1. The van der Waals surface area contributed by atoms with E-state index in [1.165, 1.54) is 5.57 Å². The number of fused-ring (bicyclic) bond motifs is 7. The third-order valence-electron chi connectivity index (χ3n) is 17.4. The fourth-order valence-electron chi connectivity index (χ4n) is 14.0. The number of carboxylic acid groups (broad SMARTS) is 1. The number of nitrogens with zero attached hydrogens (tertiary/aromatic N) is 2. The Hall–Kier alpha value is -2.75. The number of hydrogen-bond donors (Lipinski definition) is 2. The number of allylic oxidation sites excluding steroid dienone is 1. The van der Waals surface area contributed by atoms with E-state index in [9.17, 15) is 29.4 Å². The molecule has 0 unspecified atom stereocenters. The number of esters is 1. The monoisotopic (exact) mass is 837 g/mol. The predicted octanol–water partition coefficient (Wildman–Crippen LogP) is 9.50. The van der Waals surface area contributed by atoms with Crippen molar-refractivity contribution in [3.8, 4) is 0 Å². The molecule has 1 aromatic rings. The van der Waals surface area contributed by atoms with Crippen molar-refractivity contribution >= 4 is 35.2 Å². The number of carboxylic acids is 1. The lowest BCUT2D eigenvalue weighted by molar-refractivity contribution is -0.235. The van der Waals surface area contributed by atoms with Crippen molar-refractivity contribution in [2.45, 2.75) is 159 Å². The molecule has 2 N–H and O–H groups in total. The Bertz CT molecular complexity index is 1890. The van der Waals surface area contributed by atoms with Crippen LogP contribution in [0.5, 0.6) is 0 Å². The Labute approximate surface area is 359 Å². The summed E-state index contributed by atoms with van der Waals surface area (Å²) in [5, 5.41) is 22.9. The highest BCUT2D eigenvalue weighted by molar-refractivity contribution is 6.30. The minimum atomic E-state index is -1.19. The van der Waals surface area contributed by atoms with Gasteiger partial charge in [0.15, 0.2) is 5.78 Å². The summed E-state index contributed by atoms with van der Waals surface area (Å²) in [5.41, 5.74) is 1.84. The van der Waals surface area contributed by atoms with Crippen LogP contribution in [-0.2, 0) is 37.0 Å². The number of rotatable bonds is 12. The number of carbonyl (C=O) groups excluding carboxylic acids is 3. The molecule has 5 aliphatic rings. The number of Topliss-reactive ketones (excluding diaryl/α,β-unsaturated/α-hetero) is 1. The summed E-state index contributed by atoms with van der Waals surface area (Å²) in [5.74, 6) is -0.471. The molecule has 0 bridgehead atoms. The third kappa shape index (κ3) is 7.63. The fraction of sp³-hybridized carbons (Fsp3) is 0.755. The highest BCUT2D eigenvalue weighted by Gasteiger charge is 2.71. The first-order valence-electron chi connectivity index (χ1n) is 22.3. The van der Waals surface area contributed by atoms with Crippen molar-refractivity contribution in [2.24, 2.45) is 56.2 Å². The molecule has 9 nitrogen and oxygen atoms in total. The molecule has 0 spiro atoms. The SMILES string of the molecule is CC(=O)N(Cc1ccc(Cl)cc1CN(C)C)C[C@H](O)[C@@]12CC[C@]3(C)[C@H](CC[C@@H]4[C@@]5(C)CC[C@H](OC(=O)CC(C)(C)C(=O)O)C(C)(C)[C@@H]5CC[C@]43C)C1=C(C(C)C)C(=O)C2. The number of benzene rings is 1. The minimum absolute atomic E-state index is 0.0115. The van der Waals surface area contributed by atoms with Gasteiger partial charge < -0.3 is 24.7 Å². The smallest absolute Gasteiger partial charge is 0.309 e.